The number of esters is 3. The fraction of sp³-hybridized carbons (Fsp3) is 0.824. The molecule has 0 spiro atoms. The maximum absolute atomic E-state index is 12.9. The first-order valence-electron chi connectivity index (χ1n) is 35.3. The van der Waals surface area contributed by atoms with Crippen molar-refractivity contribution in [1.82, 2.24) is 0 Å². The average Bonchev–Trinajstić information content (AvgIpc) is 3.46. The van der Waals surface area contributed by atoms with Crippen LogP contribution in [0, 0.1) is 0 Å². The van der Waals surface area contributed by atoms with Gasteiger partial charge in [-0.05, 0) is 109 Å². The summed E-state index contributed by atoms with van der Waals surface area (Å²) < 4.78 is 17.0. The SMILES string of the molecule is CCCCCCC/C=C\C/C=C\CCCCCCCCCCCCCCCCCC(=O)OCC(COC(=O)CCCCCCC/C=C\CCCCCCC)OC(=O)CCCCCCCCCCC/C=C\C/C=C\CCCCCCC. The molecular formula is C74H134O6. The second-order valence-electron chi connectivity index (χ2n) is 23.8. The van der Waals surface area contributed by atoms with Crippen LogP contribution in [0.25, 0.3) is 0 Å². The summed E-state index contributed by atoms with van der Waals surface area (Å²) in [7, 11) is 0. The summed E-state index contributed by atoms with van der Waals surface area (Å²) in [6.45, 7) is 6.66. The molecule has 0 saturated carbocycles. The number of rotatable bonds is 65. The van der Waals surface area contributed by atoms with E-state index in [0.717, 1.165) is 77.0 Å². The van der Waals surface area contributed by atoms with Crippen LogP contribution in [0.3, 0.4) is 0 Å². The smallest absolute Gasteiger partial charge is 0.306 e. The molecule has 0 bridgehead atoms. The molecule has 0 saturated heterocycles. The van der Waals surface area contributed by atoms with E-state index >= 15 is 0 Å². The van der Waals surface area contributed by atoms with Gasteiger partial charge in [0.2, 0.25) is 0 Å². The van der Waals surface area contributed by atoms with Crippen molar-refractivity contribution in [1.29, 1.82) is 0 Å². The molecular weight excluding hydrogens is 985 g/mol. The van der Waals surface area contributed by atoms with E-state index in [2.05, 4.69) is 81.5 Å². The van der Waals surface area contributed by atoms with Crippen LogP contribution in [0.1, 0.15) is 374 Å². The van der Waals surface area contributed by atoms with E-state index in [1.54, 1.807) is 0 Å². The summed E-state index contributed by atoms with van der Waals surface area (Å²) in [5, 5.41) is 0. The molecule has 0 rings (SSSR count). The summed E-state index contributed by atoms with van der Waals surface area (Å²) in [4.78, 5) is 38.4. The molecule has 0 aliphatic heterocycles. The summed E-state index contributed by atoms with van der Waals surface area (Å²) in [5.74, 6) is -0.867. The summed E-state index contributed by atoms with van der Waals surface area (Å²) in [6, 6.07) is 0. The first-order valence-corrected chi connectivity index (χ1v) is 35.3. The number of allylic oxidation sites excluding steroid dienone is 10. The third-order valence-electron chi connectivity index (χ3n) is 15.7. The van der Waals surface area contributed by atoms with Crippen molar-refractivity contribution in [3.8, 4) is 0 Å². The standard InChI is InChI=1S/C74H134O6/c1-4-7-10-13-16-19-22-25-28-30-32-34-35-36-37-38-39-41-42-44-46-49-52-55-58-61-64-67-73(76)79-70-71(69-78-72(75)66-63-60-57-54-51-48-27-24-21-18-15-12-9-6-3)80-74(77)68-65-62-59-56-53-50-47-45-43-40-33-31-29-26-23-20-17-14-11-8-5-2/h22-27,30-33,71H,4-21,28-29,34-70H2,1-3H3/b25-22-,26-23-,27-24-,32-30-,33-31-. The van der Waals surface area contributed by atoms with Crippen LogP contribution in [0.2, 0.25) is 0 Å². The highest BCUT2D eigenvalue weighted by Crippen LogP contribution is 2.17. The van der Waals surface area contributed by atoms with E-state index in [9.17, 15) is 14.4 Å². The number of unbranched alkanes of at least 4 members (excludes halogenated alkanes) is 44. The highest BCUT2D eigenvalue weighted by molar-refractivity contribution is 5.71. The van der Waals surface area contributed by atoms with E-state index in [1.807, 2.05) is 0 Å². The first-order chi connectivity index (χ1) is 39.5. The van der Waals surface area contributed by atoms with Crippen molar-refractivity contribution in [3.63, 3.8) is 0 Å². The predicted octanol–water partition coefficient (Wildman–Crippen LogP) is 24.3. The molecule has 0 aromatic rings. The van der Waals surface area contributed by atoms with Gasteiger partial charge in [-0.1, -0.05) is 306 Å². The van der Waals surface area contributed by atoms with E-state index in [4.69, 9.17) is 14.2 Å². The Morgan fingerprint density at radius 1 is 0.250 bits per heavy atom. The molecule has 0 aromatic heterocycles. The zero-order valence-electron chi connectivity index (χ0n) is 53.6. The van der Waals surface area contributed by atoms with Crippen LogP contribution in [0.15, 0.2) is 60.8 Å². The third kappa shape index (κ3) is 65.9. The Labute approximate surface area is 498 Å². The van der Waals surface area contributed by atoms with Crippen molar-refractivity contribution >= 4 is 17.9 Å². The monoisotopic (exact) mass is 1120 g/mol. The van der Waals surface area contributed by atoms with E-state index in [1.165, 1.54) is 257 Å². The minimum absolute atomic E-state index is 0.0757. The number of ether oxygens (including phenoxy) is 3. The van der Waals surface area contributed by atoms with Crippen molar-refractivity contribution in [3.05, 3.63) is 60.8 Å². The summed E-state index contributed by atoms with van der Waals surface area (Å²) >= 11 is 0. The lowest BCUT2D eigenvalue weighted by Crippen LogP contribution is -2.30. The number of hydrogen-bond donors (Lipinski definition) is 0. The Kier molecular flexibility index (Phi) is 66.1. The summed E-state index contributed by atoms with van der Waals surface area (Å²) in [6.07, 6.45) is 88.1. The van der Waals surface area contributed by atoms with Gasteiger partial charge in [0.05, 0.1) is 0 Å². The molecule has 466 valence electrons. The first kappa shape index (κ1) is 77.1. The molecule has 0 radical (unpaired) electrons. The zero-order chi connectivity index (χ0) is 57.8. The highest BCUT2D eigenvalue weighted by Gasteiger charge is 2.19. The van der Waals surface area contributed by atoms with Gasteiger partial charge < -0.3 is 14.2 Å². The number of carbonyl (C=O) groups is 3. The van der Waals surface area contributed by atoms with Crippen molar-refractivity contribution in [2.45, 2.75) is 380 Å². The van der Waals surface area contributed by atoms with Gasteiger partial charge in [-0.3, -0.25) is 14.4 Å². The lowest BCUT2D eigenvalue weighted by atomic mass is 10.0. The van der Waals surface area contributed by atoms with Crippen molar-refractivity contribution in [2.24, 2.45) is 0 Å². The van der Waals surface area contributed by atoms with Crippen LogP contribution < -0.4 is 0 Å². The molecule has 80 heavy (non-hydrogen) atoms. The normalized spacial score (nSPS) is 12.4. The van der Waals surface area contributed by atoms with Crippen LogP contribution in [0.4, 0.5) is 0 Å². The van der Waals surface area contributed by atoms with Crippen LogP contribution in [0.5, 0.6) is 0 Å². The Hall–Kier alpha value is -2.89. The molecule has 6 heteroatoms. The molecule has 0 heterocycles. The highest BCUT2D eigenvalue weighted by atomic mass is 16.6. The molecule has 0 aliphatic rings. The average molecular weight is 1120 g/mol. The van der Waals surface area contributed by atoms with Crippen molar-refractivity contribution < 1.29 is 28.6 Å². The largest absolute Gasteiger partial charge is 0.462 e. The van der Waals surface area contributed by atoms with Gasteiger partial charge in [-0.2, -0.15) is 0 Å². The molecule has 0 aliphatic carbocycles. The summed E-state index contributed by atoms with van der Waals surface area (Å²) in [5.41, 5.74) is 0. The van der Waals surface area contributed by atoms with Gasteiger partial charge in [0, 0.05) is 19.3 Å². The van der Waals surface area contributed by atoms with Gasteiger partial charge in [-0.15, -0.1) is 0 Å². The quantitative estimate of drug-likeness (QED) is 0.0261. The lowest BCUT2D eigenvalue weighted by molar-refractivity contribution is -0.167. The molecule has 0 aromatic carbocycles. The van der Waals surface area contributed by atoms with Gasteiger partial charge >= 0.3 is 17.9 Å². The fourth-order valence-corrected chi connectivity index (χ4v) is 10.4. The third-order valence-corrected chi connectivity index (χ3v) is 15.7. The Balaban J connectivity index is 4.27. The second kappa shape index (κ2) is 68.6. The van der Waals surface area contributed by atoms with E-state index in [0.29, 0.717) is 19.3 Å². The minimum Gasteiger partial charge on any atom is -0.462 e. The second-order valence-corrected chi connectivity index (χ2v) is 23.8. The molecule has 1 unspecified atom stereocenters. The zero-order valence-corrected chi connectivity index (χ0v) is 53.6. The minimum atomic E-state index is -0.781. The fourth-order valence-electron chi connectivity index (χ4n) is 10.4. The number of carbonyl (C=O) groups excluding carboxylic acids is 3. The van der Waals surface area contributed by atoms with E-state index in [-0.39, 0.29) is 31.1 Å². The molecule has 1 atom stereocenters. The Bertz CT molecular complexity index is 1430. The predicted molar refractivity (Wildman–Crippen MR) is 348 cm³/mol. The molecule has 0 amide bonds. The Morgan fingerprint density at radius 3 is 0.700 bits per heavy atom. The molecule has 0 fully saturated rings. The molecule has 0 N–H and O–H groups in total. The van der Waals surface area contributed by atoms with Crippen LogP contribution >= 0.6 is 0 Å². The van der Waals surface area contributed by atoms with E-state index < -0.39 is 6.10 Å². The Morgan fingerprint density at radius 2 is 0.450 bits per heavy atom. The maximum Gasteiger partial charge on any atom is 0.306 e. The molecule has 6 nitrogen and oxygen atoms in total. The maximum atomic E-state index is 12.9. The van der Waals surface area contributed by atoms with Crippen LogP contribution in [-0.4, -0.2) is 37.2 Å². The number of hydrogen-bond acceptors (Lipinski definition) is 6. The van der Waals surface area contributed by atoms with Gasteiger partial charge in [0.25, 0.3) is 0 Å². The van der Waals surface area contributed by atoms with Crippen LogP contribution in [-0.2, 0) is 28.6 Å². The van der Waals surface area contributed by atoms with Gasteiger partial charge in [0.15, 0.2) is 6.10 Å². The van der Waals surface area contributed by atoms with Gasteiger partial charge in [-0.25, -0.2) is 0 Å². The van der Waals surface area contributed by atoms with Crippen molar-refractivity contribution in [2.75, 3.05) is 13.2 Å². The lowest BCUT2D eigenvalue weighted by Gasteiger charge is -2.18. The topological polar surface area (TPSA) is 78.9 Å². The van der Waals surface area contributed by atoms with Gasteiger partial charge in [0.1, 0.15) is 13.2 Å².